The second-order valence-corrected chi connectivity index (χ2v) is 7.59. The van der Waals surface area contributed by atoms with Crippen LogP contribution >= 0.6 is 0 Å². The van der Waals surface area contributed by atoms with E-state index >= 15 is 0 Å². The Morgan fingerprint density at radius 1 is 1.14 bits per heavy atom. The maximum absolute atomic E-state index is 12.8. The zero-order valence-electron chi connectivity index (χ0n) is 14.6. The van der Waals surface area contributed by atoms with Crippen molar-refractivity contribution in [2.24, 2.45) is 5.92 Å². The molecule has 0 N–H and O–H groups in total. The Balaban J connectivity index is 2.20. The van der Waals surface area contributed by atoms with Crippen molar-refractivity contribution in [2.75, 3.05) is 6.61 Å². The van der Waals surface area contributed by atoms with Crippen LogP contribution in [0.3, 0.4) is 0 Å². The Kier molecular flexibility index (Phi) is 5.08. The smallest absolute Gasteiger partial charge is 0.166 e. The lowest BCUT2D eigenvalue weighted by atomic mass is 9.72. The number of ketones is 1. The van der Waals surface area contributed by atoms with Gasteiger partial charge in [-0.15, -0.1) is 0 Å². The minimum Gasteiger partial charge on any atom is -0.298 e. The zero-order valence-corrected chi connectivity index (χ0v) is 14.6. The fourth-order valence-corrected chi connectivity index (χ4v) is 3.82. The Hall–Kier alpha value is -1.19. The first kappa shape index (κ1) is 17.2. The highest BCUT2D eigenvalue weighted by atomic mass is 16.7. The molecule has 0 saturated carbocycles. The monoisotopic (exact) mass is 303 g/mol. The van der Waals surface area contributed by atoms with Crippen molar-refractivity contribution in [3.8, 4) is 0 Å². The molecule has 1 aliphatic heterocycles. The number of hydrogen-bond donors (Lipinski definition) is 0. The first-order valence-corrected chi connectivity index (χ1v) is 8.30. The summed E-state index contributed by atoms with van der Waals surface area (Å²) in [5.74, 6) is 0.311. The summed E-state index contributed by atoms with van der Waals surface area (Å²) in [4.78, 5) is 18.9. The minimum atomic E-state index is -0.147. The van der Waals surface area contributed by atoms with Gasteiger partial charge in [0.15, 0.2) is 5.78 Å². The van der Waals surface area contributed by atoms with E-state index in [9.17, 15) is 4.79 Å². The van der Waals surface area contributed by atoms with Gasteiger partial charge in [-0.05, 0) is 47.0 Å². The SMILES string of the molecule is CCCON1C(C)(C)CC(C(=O)c2ccccc2)CC1(C)C. The number of Topliss-reactive ketones (excluding diaryl/α,β-unsaturated/α-hetero) is 1. The van der Waals surface area contributed by atoms with Crippen molar-refractivity contribution in [1.29, 1.82) is 0 Å². The molecule has 0 aliphatic carbocycles. The summed E-state index contributed by atoms with van der Waals surface area (Å²) < 4.78 is 0. The average Bonchev–Trinajstić information content (AvgIpc) is 2.45. The van der Waals surface area contributed by atoms with Gasteiger partial charge in [-0.2, -0.15) is 5.06 Å². The number of carbonyl (C=O) groups is 1. The summed E-state index contributed by atoms with van der Waals surface area (Å²) in [6.45, 7) is 11.5. The van der Waals surface area contributed by atoms with Gasteiger partial charge < -0.3 is 0 Å². The van der Waals surface area contributed by atoms with E-state index in [-0.39, 0.29) is 22.8 Å². The Morgan fingerprint density at radius 3 is 2.18 bits per heavy atom. The quantitative estimate of drug-likeness (QED) is 0.751. The van der Waals surface area contributed by atoms with E-state index in [1.807, 2.05) is 30.3 Å². The van der Waals surface area contributed by atoms with Crippen molar-refractivity contribution in [3.05, 3.63) is 35.9 Å². The van der Waals surface area contributed by atoms with Gasteiger partial charge in [-0.3, -0.25) is 9.63 Å². The van der Waals surface area contributed by atoms with Crippen LogP contribution in [-0.2, 0) is 4.84 Å². The maximum Gasteiger partial charge on any atom is 0.166 e. The van der Waals surface area contributed by atoms with Crippen LogP contribution in [0.15, 0.2) is 30.3 Å². The largest absolute Gasteiger partial charge is 0.298 e. The third kappa shape index (κ3) is 3.58. The van der Waals surface area contributed by atoms with E-state index in [1.165, 1.54) is 0 Å². The highest BCUT2D eigenvalue weighted by molar-refractivity contribution is 5.98. The van der Waals surface area contributed by atoms with Crippen LogP contribution in [-0.4, -0.2) is 28.5 Å². The number of carbonyl (C=O) groups excluding carboxylic acids is 1. The maximum atomic E-state index is 12.8. The lowest BCUT2D eigenvalue weighted by Gasteiger charge is -2.53. The average molecular weight is 303 g/mol. The minimum absolute atomic E-state index is 0.0499. The van der Waals surface area contributed by atoms with Crippen molar-refractivity contribution in [3.63, 3.8) is 0 Å². The summed E-state index contributed by atoms with van der Waals surface area (Å²) in [6, 6.07) is 9.66. The molecular weight excluding hydrogens is 274 g/mol. The summed E-state index contributed by atoms with van der Waals surface area (Å²) in [5, 5.41) is 2.12. The van der Waals surface area contributed by atoms with Crippen LogP contribution in [0, 0.1) is 5.92 Å². The number of rotatable bonds is 5. The van der Waals surface area contributed by atoms with Crippen LogP contribution in [0.2, 0.25) is 0 Å². The Labute approximate surface area is 134 Å². The van der Waals surface area contributed by atoms with Crippen LogP contribution in [0.1, 0.15) is 64.2 Å². The second kappa shape index (κ2) is 6.51. The molecule has 3 heteroatoms. The molecule has 22 heavy (non-hydrogen) atoms. The third-order valence-electron chi connectivity index (χ3n) is 4.45. The van der Waals surface area contributed by atoms with E-state index in [0.717, 1.165) is 31.4 Å². The molecule has 0 radical (unpaired) electrons. The molecule has 2 rings (SSSR count). The molecular formula is C19H29NO2. The van der Waals surface area contributed by atoms with Gasteiger partial charge in [-0.1, -0.05) is 37.3 Å². The molecule has 0 atom stereocenters. The topological polar surface area (TPSA) is 29.5 Å². The zero-order chi connectivity index (χ0) is 16.4. The molecule has 122 valence electrons. The van der Waals surface area contributed by atoms with Gasteiger partial charge in [0.2, 0.25) is 0 Å². The van der Waals surface area contributed by atoms with Gasteiger partial charge in [0, 0.05) is 22.6 Å². The molecule has 1 saturated heterocycles. The summed E-state index contributed by atoms with van der Waals surface area (Å²) in [6.07, 6.45) is 2.65. The van der Waals surface area contributed by atoms with Crippen molar-refractivity contribution >= 4 is 5.78 Å². The lowest BCUT2D eigenvalue weighted by Crippen LogP contribution is -2.61. The van der Waals surface area contributed by atoms with E-state index in [2.05, 4.69) is 39.7 Å². The molecule has 1 heterocycles. The van der Waals surface area contributed by atoms with Crippen LogP contribution in [0.25, 0.3) is 0 Å². The summed E-state index contributed by atoms with van der Waals surface area (Å²) >= 11 is 0. The number of hydrogen-bond acceptors (Lipinski definition) is 3. The summed E-state index contributed by atoms with van der Waals surface area (Å²) in [7, 11) is 0. The predicted molar refractivity (Wildman–Crippen MR) is 89.7 cm³/mol. The first-order chi connectivity index (χ1) is 10.3. The number of piperidine rings is 1. The van der Waals surface area contributed by atoms with Gasteiger partial charge in [0.25, 0.3) is 0 Å². The van der Waals surface area contributed by atoms with Crippen molar-refractivity contribution < 1.29 is 9.63 Å². The van der Waals surface area contributed by atoms with Gasteiger partial charge >= 0.3 is 0 Å². The number of benzene rings is 1. The number of nitrogens with zero attached hydrogens (tertiary/aromatic N) is 1. The van der Waals surface area contributed by atoms with Crippen molar-refractivity contribution in [2.45, 2.75) is 65.0 Å². The molecule has 0 aromatic heterocycles. The number of hydroxylamine groups is 2. The van der Waals surface area contributed by atoms with E-state index < -0.39 is 0 Å². The van der Waals surface area contributed by atoms with Gasteiger partial charge in [-0.25, -0.2) is 0 Å². The fraction of sp³-hybridized carbons (Fsp3) is 0.632. The fourth-order valence-electron chi connectivity index (χ4n) is 3.82. The van der Waals surface area contributed by atoms with E-state index in [0.29, 0.717) is 0 Å². The lowest BCUT2D eigenvalue weighted by molar-refractivity contribution is -0.285. The second-order valence-electron chi connectivity index (χ2n) is 7.59. The highest BCUT2D eigenvalue weighted by Gasteiger charge is 2.48. The molecule has 0 amide bonds. The Morgan fingerprint density at radius 2 is 1.68 bits per heavy atom. The summed E-state index contributed by atoms with van der Waals surface area (Å²) in [5.41, 5.74) is 0.528. The predicted octanol–water partition coefficient (Wildman–Crippen LogP) is 4.48. The molecule has 1 aliphatic rings. The molecule has 1 aromatic carbocycles. The molecule has 0 spiro atoms. The van der Waals surface area contributed by atoms with Gasteiger partial charge in [0.1, 0.15) is 0 Å². The molecule has 3 nitrogen and oxygen atoms in total. The standard InChI is InChI=1S/C19H29NO2/c1-6-12-22-20-18(2,3)13-16(14-19(20,4)5)17(21)15-10-8-7-9-11-15/h7-11,16H,6,12-14H2,1-5H3. The third-order valence-corrected chi connectivity index (χ3v) is 4.45. The van der Waals surface area contributed by atoms with E-state index in [1.54, 1.807) is 0 Å². The molecule has 0 unspecified atom stereocenters. The highest BCUT2D eigenvalue weighted by Crippen LogP contribution is 2.42. The van der Waals surface area contributed by atoms with Crippen LogP contribution in [0.5, 0.6) is 0 Å². The molecule has 1 fully saturated rings. The van der Waals surface area contributed by atoms with Crippen LogP contribution in [0.4, 0.5) is 0 Å². The molecule has 0 bridgehead atoms. The first-order valence-electron chi connectivity index (χ1n) is 8.30. The van der Waals surface area contributed by atoms with Gasteiger partial charge in [0.05, 0.1) is 6.61 Å². The van der Waals surface area contributed by atoms with E-state index in [4.69, 9.17) is 4.84 Å². The van der Waals surface area contributed by atoms with Crippen molar-refractivity contribution in [1.82, 2.24) is 5.06 Å². The van der Waals surface area contributed by atoms with Crippen LogP contribution < -0.4 is 0 Å². The normalized spacial score (nSPS) is 21.7. The molecule has 1 aromatic rings. The Bertz CT molecular complexity index is 489.